The van der Waals surface area contributed by atoms with E-state index in [1.807, 2.05) is 0 Å². The second-order valence-corrected chi connectivity index (χ2v) is 4.50. The van der Waals surface area contributed by atoms with Gasteiger partial charge < -0.3 is 14.8 Å². The Kier molecular flexibility index (Phi) is 4.80. The van der Waals surface area contributed by atoms with Gasteiger partial charge in [-0.05, 0) is 6.07 Å². The molecule has 0 saturated heterocycles. The summed E-state index contributed by atoms with van der Waals surface area (Å²) >= 11 is 5.81. The lowest BCUT2D eigenvalue weighted by Crippen LogP contribution is -2.07. The van der Waals surface area contributed by atoms with Gasteiger partial charge >= 0.3 is 0 Å². The van der Waals surface area contributed by atoms with Gasteiger partial charge in [-0.25, -0.2) is 8.78 Å². The number of hydrogen-bond donors (Lipinski definition) is 1. The molecule has 0 unspecified atom stereocenters. The van der Waals surface area contributed by atoms with Crippen LogP contribution in [0.25, 0.3) is 0 Å². The fraction of sp³-hybridized carbons (Fsp3) is 0.214. The number of nitrogens with one attached hydrogen (secondary N) is 1. The summed E-state index contributed by atoms with van der Waals surface area (Å²) in [5.41, 5.74) is 0.515. The summed E-state index contributed by atoms with van der Waals surface area (Å²) in [6.07, 6.45) is 1.54. The summed E-state index contributed by atoms with van der Waals surface area (Å²) in [7, 11) is 2.99. The molecular weight excluding hydrogens is 302 g/mol. The van der Waals surface area contributed by atoms with E-state index in [2.05, 4.69) is 10.3 Å². The largest absolute Gasteiger partial charge is 0.493 e. The summed E-state index contributed by atoms with van der Waals surface area (Å²) < 4.78 is 37.0. The van der Waals surface area contributed by atoms with E-state index < -0.39 is 11.6 Å². The number of halogens is 3. The van der Waals surface area contributed by atoms with E-state index in [1.165, 1.54) is 14.2 Å². The van der Waals surface area contributed by atoms with Gasteiger partial charge in [0.2, 0.25) is 0 Å². The summed E-state index contributed by atoms with van der Waals surface area (Å²) in [5, 5.41) is 2.73. The molecule has 21 heavy (non-hydrogen) atoms. The maximum absolute atomic E-state index is 13.7. The van der Waals surface area contributed by atoms with E-state index in [4.69, 9.17) is 21.1 Å². The minimum absolute atomic E-state index is 0.00439. The minimum Gasteiger partial charge on any atom is -0.493 e. The smallest absolute Gasteiger partial charge is 0.184 e. The van der Waals surface area contributed by atoms with Crippen LogP contribution in [0.2, 0.25) is 5.02 Å². The Morgan fingerprint density at radius 3 is 2.62 bits per heavy atom. The fourth-order valence-corrected chi connectivity index (χ4v) is 2.12. The molecule has 0 saturated carbocycles. The molecule has 0 radical (unpaired) electrons. The SMILES string of the molecule is COc1ccnc(CNc2c(F)cc(F)cc2Cl)c1OC. The van der Waals surface area contributed by atoms with Crippen LogP contribution in [-0.4, -0.2) is 19.2 Å². The van der Waals surface area contributed by atoms with E-state index in [0.29, 0.717) is 17.2 Å². The fourth-order valence-electron chi connectivity index (χ4n) is 1.86. The maximum Gasteiger partial charge on any atom is 0.184 e. The second kappa shape index (κ2) is 6.58. The zero-order chi connectivity index (χ0) is 15.4. The third-order valence-corrected chi connectivity index (χ3v) is 3.10. The molecule has 0 amide bonds. The summed E-state index contributed by atoms with van der Waals surface area (Å²) in [6, 6.07) is 3.43. The standard InChI is InChI=1S/C14H13ClF2N2O2/c1-20-12-3-4-18-11(14(12)21-2)7-19-13-9(15)5-8(16)6-10(13)17/h3-6,19H,7H2,1-2H3. The van der Waals surface area contributed by atoms with Crippen molar-refractivity contribution < 1.29 is 18.3 Å². The Hall–Kier alpha value is -2.08. The van der Waals surface area contributed by atoms with Crippen LogP contribution in [0.15, 0.2) is 24.4 Å². The molecule has 0 bridgehead atoms. The van der Waals surface area contributed by atoms with Gasteiger partial charge in [-0.2, -0.15) is 0 Å². The van der Waals surface area contributed by atoms with Crippen molar-refractivity contribution in [1.29, 1.82) is 0 Å². The van der Waals surface area contributed by atoms with Gasteiger partial charge in [0.15, 0.2) is 17.3 Å². The zero-order valence-corrected chi connectivity index (χ0v) is 12.2. The molecule has 0 fully saturated rings. The molecule has 1 aromatic carbocycles. The monoisotopic (exact) mass is 314 g/mol. The van der Waals surface area contributed by atoms with Crippen molar-refractivity contribution in [3.63, 3.8) is 0 Å². The first-order valence-electron chi connectivity index (χ1n) is 6.01. The topological polar surface area (TPSA) is 43.4 Å². The van der Waals surface area contributed by atoms with E-state index >= 15 is 0 Å². The average Bonchev–Trinajstić information content (AvgIpc) is 2.45. The minimum atomic E-state index is -0.776. The number of rotatable bonds is 5. The second-order valence-electron chi connectivity index (χ2n) is 4.09. The predicted octanol–water partition coefficient (Wildman–Crippen LogP) is 3.64. The van der Waals surface area contributed by atoms with Crippen LogP contribution in [0, 0.1) is 11.6 Å². The number of aromatic nitrogens is 1. The Morgan fingerprint density at radius 2 is 2.00 bits per heavy atom. The first kappa shape index (κ1) is 15.3. The van der Waals surface area contributed by atoms with Gasteiger partial charge in [0.1, 0.15) is 11.5 Å². The quantitative estimate of drug-likeness (QED) is 0.915. The third-order valence-electron chi connectivity index (χ3n) is 2.81. The highest BCUT2D eigenvalue weighted by Crippen LogP contribution is 2.31. The molecule has 2 rings (SSSR count). The van der Waals surface area contributed by atoms with Crippen molar-refractivity contribution >= 4 is 17.3 Å². The number of pyridine rings is 1. The molecule has 0 spiro atoms. The molecule has 0 aliphatic carbocycles. The molecule has 1 aromatic heterocycles. The molecule has 7 heteroatoms. The normalized spacial score (nSPS) is 10.3. The predicted molar refractivity (Wildman–Crippen MR) is 76.0 cm³/mol. The van der Waals surface area contributed by atoms with Gasteiger partial charge in [0, 0.05) is 18.3 Å². The van der Waals surface area contributed by atoms with Crippen molar-refractivity contribution in [1.82, 2.24) is 4.98 Å². The van der Waals surface area contributed by atoms with Crippen LogP contribution in [0.3, 0.4) is 0 Å². The lowest BCUT2D eigenvalue weighted by molar-refractivity contribution is 0.350. The van der Waals surface area contributed by atoms with Gasteiger partial charge in [0.05, 0.1) is 31.5 Å². The molecule has 2 aromatic rings. The van der Waals surface area contributed by atoms with Gasteiger partial charge in [0.25, 0.3) is 0 Å². The molecule has 0 aliphatic rings. The van der Waals surface area contributed by atoms with E-state index in [9.17, 15) is 8.78 Å². The third kappa shape index (κ3) is 3.33. The van der Waals surface area contributed by atoms with Crippen LogP contribution in [-0.2, 0) is 6.54 Å². The van der Waals surface area contributed by atoms with E-state index in [1.54, 1.807) is 12.3 Å². The van der Waals surface area contributed by atoms with Crippen molar-refractivity contribution in [2.45, 2.75) is 6.54 Å². The van der Waals surface area contributed by atoms with Crippen LogP contribution >= 0.6 is 11.6 Å². The number of methoxy groups -OCH3 is 2. The van der Waals surface area contributed by atoms with Gasteiger partial charge in [-0.15, -0.1) is 0 Å². The number of anilines is 1. The van der Waals surface area contributed by atoms with Crippen LogP contribution in [0.4, 0.5) is 14.5 Å². The molecular formula is C14H13ClF2N2O2. The van der Waals surface area contributed by atoms with Gasteiger partial charge in [-0.1, -0.05) is 11.6 Å². The molecule has 4 nitrogen and oxygen atoms in total. The van der Waals surface area contributed by atoms with Gasteiger partial charge in [-0.3, -0.25) is 4.98 Å². The average molecular weight is 315 g/mol. The first-order valence-corrected chi connectivity index (χ1v) is 6.39. The van der Waals surface area contributed by atoms with Crippen molar-refractivity contribution in [3.05, 3.63) is 46.7 Å². The van der Waals surface area contributed by atoms with Crippen LogP contribution in [0.1, 0.15) is 5.69 Å². The number of hydrogen-bond acceptors (Lipinski definition) is 4. The summed E-state index contributed by atoms with van der Waals surface area (Å²) in [4.78, 5) is 4.14. The molecule has 0 aliphatic heterocycles. The van der Waals surface area contributed by atoms with Crippen molar-refractivity contribution in [2.24, 2.45) is 0 Å². The molecule has 1 N–H and O–H groups in total. The number of benzene rings is 1. The Morgan fingerprint density at radius 1 is 1.24 bits per heavy atom. The summed E-state index contributed by atoms with van der Waals surface area (Å²) in [5.74, 6) is -0.567. The van der Waals surface area contributed by atoms with Crippen molar-refractivity contribution in [2.75, 3.05) is 19.5 Å². The highest BCUT2D eigenvalue weighted by Gasteiger charge is 2.14. The zero-order valence-electron chi connectivity index (χ0n) is 11.4. The van der Waals surface area contributed by atoms with Crippen LogP contribution in [0.5, 0.6) is 11.5 Å². The molecule has 0 atom stereocenters. The van der Waals surface area contributed by atoms with Crippen LogP contribution < -0.4 is 14.8 Å². The Labute approximate surface area is 125 Å². The molecule has 1 heterocycles. The lowest BCUT2D eigenvalue weighted by Gasteiger charge is -2.13. The van der Waals surface area contributed by atoms with E-state index in [0.717, 1.165) is 12.1 Å². The number of ether oxygens (including phenoxy) is 2. The summed E-state index contributed by atoms with van der Waals surface area (Å²) in [6.45, 7) is 0.142. The number of nitrogens with zero attached hydrogens (tertiary/aromatic N) is 1. The molecule has 112 valence electrons. The van der Waals surface area contributed by atoms with E-state index in [-0.39, 0.29) is 17.3 Å². The Balaban J connectivity index is 2.25. The maximum atomic E-state index is 13.7. The Bertz CT molecular complexity index is 630. The van der Waals surface area contributed by atoms with Crippen molar-refractivity contribution in [3.8, 4) is 11.5 Å². The highest BCUT2D eigenvalue weighted by molar-refractivity contribution is 6.33. The first-order chi connectivity index (χ1) is 10.1. The highest BCUT2D eigenvalue weighted by atomic mass is 35.5. The lowest BCUT2D eigenvalue weighted by atomic mass is 10.2.